The van der Waals surface area contributed by atoms with Crippen LogP contribution in [0.3, 0.4) is 0 Å². The van der Waals surface area contributed by atoms with Crippen LogP contribution in [-0.4, -0.2) is 25.8 Å². The van der Waals surface area contributed by atoms with Crippen LogP contribution in [0.25, 0.3) is 0 Å². The summed E-state index contributed by atoms with van der Waals surface area (Å²) < 4.78 is 10.9. The van der Waals surface area contributed by atoms with E-state index in [1.165, 1.54) is 25.7 Å². The Hall–Kier alpha value is -1.35. The van der Waals surface area contributed by atoms with Crippen LogP contribution in [0.2, 0.25) is 0 Å². The van der Waals surface area contributed by atoms with E-state index in [2.05, 4.69) is 20.8 Å². The normalized spacial score (nSPS) is 11.0. The molecule has 0 spiro atoms. The van der Waals surface area contributed by atoms with Gasteiger partial charge >= 0.3 is 5.97 Å². The van der Waals surface area contributed by atoms with Crippen LogP contribution >= 0.6 is 0 Å². The van der Waals surface area contributed by atoms with Gasteiger partial charge in [-0.1, -0.05) is 71.1 Å². The number of rotatable bonds is 14. The van der Waals surface area contributed by atoms with Gasteiger partial charge in [0.2, 0.25) is 0 Å². The maximum absolute atomic E-state index is 12.2. The van der Waals surface area contributed by atoms with Crippen LogP contribution in [0, 0.1) is 5.92 Å². The lowest BCUT2D eigenvalue weighted by atomic mass is 10.0. The number of unbranched alkanes of at least 4 members (excludes halogenated alkanes) is 4. The SMILES string of the molecule is CCCCc1ccccc1C(=O)OCCOCCCCCCC(C)C. The molecule has 0 fully saturated rings. The molecule has 0 heterocycles. The number of aryl methyl sites for hydroxylation is 1. The quantitative estimate of drug-likeness (QED) is 0.314. The van der Waals surface area contributed by atoms with Crippen molar-refractivity contribution >= 4 is 5.97 Å². The lowest BCUT2D eigenvalue weighted by molar-refractivity contribution is 0.0311. The van der Waals surface area contributed by atoms with Crippen LogP contribution in [-0.2, 0) is 15.9 Å². The Morgan fingerprint density at radius 3 is 2.48 bits per heavy atom. The van der Waals surface area contributed by atoms with E-state index in [1.54, 1.807) is 0 Å². The molecule has 0 aromatic heterocycles. The number of carbonyl (C=O) groups excluding carboxylic acids is 1. The van der Waals surface area contributed by atoms with Gasteiger partial charge in [-0.15, -0.1) is 0 Å². The van der Waals surface area contributed by atoms with Gasteiger partial charge in [-0.3, -0.25) is 0 Å². The molecule has 1 aromatic carbocycles. The average Bonchev–Trinajstić information content (AvgIpc) is 2.61. The molecule has 0 bridgehead atoms. The molecular weight excluding hydrogens is 312 g/mol. The Kier molecular flexibility index (Phi) is 12.0. The Morgan fingerprint density at radius 2 is 1.72 bits per heavy atom. The number of hydrogen-bond donors (Lipinski definition) is 0. The third-order valence-corrected chi connectivity index (χ3v) is 4.32. The van der Waals surface area contributed by atoms with Gasteiger partial charge in [0.05, 0.1) is 12.2 Å². The molecule has 1 rings (SSSR count). The highest BCUT2D eigenvalue weighted by atomic mass is 16.6. The van der Waals surface area contributed by atoms with Gasteiger partial charge < -0.3 is 9.47 Å². The van der Waals surface area contributed by atoms with E-state index in [1.807, 2.05) is 24.3 Å². The zero-order valence-electron chi connectivity index (χ0n) is 16.4. The van der Waals surface area contributed by atoms with Crippen LogP contribution in [0.4, 0.5) is 0 Å². The number of hydrogen-bond acceptors (Lipinski definition) is 3. The molecule has 0 unspecified atom stereocenters. The largest absolute Gasteiger partial charge is 0.460 e. The Bertz CT molecular complexity index is 468. The molecule has 0 saturated heterocycles. The fourth-order valence-electron chi connectivity index (χ4n) is 2.79. The van der Waals surface area contributed by atoms with E-state index < -0.39 is 0 Å². The minimum atomic E-state index is -0.232. The predicted octanol–water partition coefficient (Wildman–Crippen LogP) is 5.81. The molecule has 3 nitrogen and oxygen atoms in total. The van der Waals surface area contributed by atoms with Gasteiger partial charge in [0, 0.05) is 6.61 Å². The lowest BCUT2D eigenvalue weighted by Crippen LogP contribution is -2.13. The number of benzene rings is 1. The number of ether oxygens (including phenoxy) is 2. The highest BCUT2D eigenvalue weighted by Crippen LogP contribution is 2.13. The van der Waals surface area contributed by atoms with Crippen molar-refractivity contribution in [3.63, 3.8) is 0 Å². The van der Waals surface area contributed by atoms with E-state index in [0.717, 1.165) is 43.8 Å². The zero-order valence-corrected chi connectivity index (χ0v) is 16.4. The summed E-state index contributed by atoms with van der Waals surface area (Å²) in [5, 5.41) is 0. The first kappa shape index (κ1) is 21.7. The highest BCUT2D eigenvalue weighted by Gasteiger charge is 2.11. The average molecular weight is 349 g/mol. The van der Waals surface area contributed by atoms with Crippen LogP contribution < -0.4 is 0 Å². The molecule has 1 aromatic rings. The second-order valence-electron chi connectivity index (χ2n) is 7.11. The Labute approximate surface area is 154 Å². The van der Waals surface area contributed by atoms with Gasteiger partial charge in [-0.05, 0) is 36.8 Å². The molecular formula is C22H36O3. The minimum absolute atomic E-state index is 0.232. The third kappa shape index (κ3) is 10.3. The molecule has 142 valence electrons. The first-order chi connectivity index (χ1) is 12.1. The van der Waals surface area contributed by atoms with Gasteiger partial charge in [-0.2, -0.15) is 0 Å². The summed E-state index contributed by atoms with van der Waals surface area (Å²) in [5.74, 6) is 0.571. The smallest absolute Gasteiger partial charge is 0.338 e. The van der Waals surface area contributed by atoms with Gasteiger partial charge in [-0.25, -0.2) is 4.79 Å². The third-order valence-electron chi connectivity index (χ3n) is 4.32. The van der Waals surface area contributed by atoms with Crippen molar-refractivity contribution in [3.05, 3.63) is 35.4 Å². The van der Waals surface area contributed by atoms with Crippen molar-refractivity contribution in [3.8, 4) is 0 Å². The van der Waals surface area contributed by atoms with Crippen molar-refractivity contribution in [2.24, 2.45) is 5.92 Å². The zero-order chi connectivity index (χ0) is 18.3. The molecule has 0 radical (unpaired) electrons. The summed E-state index contributed by atoms with van der Waals surface area (Å²) in [4.78, 5) is 12.2. The first-order valence-corrected chi connectivity index (χ1v) is 9.98. The van der Waals surface area contributed by atoms with Crippen LogP contribution in [0.1, 0.15) is 81.6 Å². The number of esters is 1. The molecule has 0 aliphatic heterocycles. The molecule has 0 atom stereocenters. The predicted molar refractivity (Wildman–Crippen MR) is 104 cm³/mol. The molecule has 0 aliphatic carbocycles. The number of carbonyl (C=O) groups is 1. The Balaban J connectivity index is 2.11. The van der Waals surface area contributed by atoms with E-state index in [9.17, 15) is 4.79 Å². The summed E-state index contributed by atoms with van der Waals surface area (Å²) in [7, 11) is 0. The van der Waals surface area contributed by atoms with Gasteiger partial charge in [0.1, 0.15) is 6.61 Å². The summed E-state index contributed by atoms with van der Waals surface area (Å²) >= 11 is 0. The second-order valence-corrected chi connectivity index (χ2v) is 7.11. The van der Waals surface area contributed by atoms with Crippen molar-refractivity contribution in [2.45, 2.75) is 72.1 Å². The summed E-state index contributed by atoms with van der Waals surface area (Å²) in [6, 6.07) is 7.74. The highest BCUT2D eigenvalue weighted by molar-refractivity contribution is 5.91. The van der Waals surface area contributed by atoms with Crippen molar-refractivity contribution < 1.29 is 14.3 Å². The van der Waals surface area contributed by atoms with E-state index >= 15 is 0 Å². The van der Waals surface area contributed by atoms with Crippen LogP contribution in [0.5, 0.6) is 0 Å². The van der Waals surface area contributed by atoms with Crippen LogP contribution in [0.15, 0.2) is 24.3 Å². The lowest BCUT2D eigenvalue weighted by Gasteiger charge is -2.10. The standard InChI is InChI=1S/C22H36O3/c1-4-5-13-20-14-9-10-15-21(20)22(23)25-18-17-24-16-11-7-6-8-12-19(2)3/h9-10,14-15,19H,4-8,11-13,16-18H2,1-3H3. The molecule has 0 saturated carbocycles. The van der Waals surface area contributed by atoms with E-state index in [-0.39, 0.29) is 5.97 Å². The fourth-order valence-corrected chi connectivity index (χ4v) is 2.79. The second kappa shape index (κ2) is 13.9. The summed E-state index contributed by atoms with van der Waals surface area (Å²) in [5.41, 5.74) is 1.78. The Morgan fingerprint density at radius 1 is 0.960 bits per heavy atom. The topological polar surface area (TPSA) is 35.5 Å². The monoisotopic (exact) mass is 348 g/mol. The summed E-state index contributed by atoms with van der Waals surface area (Å²) in [6.45, 7) is 8.26. The minimum Gasteiger partial charge on any atom is -0.460 e. The molecule has 25 heavy (non-hydrogen) atoms. The maximum atomic E-state index is 12.2. The molecule has 0 aliphatic rings. The van der Waals surface area contributed by atoms with Crippen molar-refractivity contribution in [2.75, 3.05) is 19.8 Å². The van der Waals surface area contributed by atoms with Crippen molar-refractivity contribution in [1.29, 1.82) is 0 Å². The van der Waals surface area contributed by atoms with Gasteiger partial charge in [0.15, 0.2) is 0 Å². The van der Waals surface area contributed by atoms with Crippen molar-refractivity contribution in [1.82, 2.24) is 0 Å². The van der Waals surface area contributed by atoms with E-state index in [4.69, 9.17) is 9.47 Å². The maximum Gasteiger partial charge on any atom is 0.338 e. The van der Waals surface area contributed by atoms with E-state index in [0.29, 0.717) is 18.8 Å². The first-order valence-electron chi connectivity index (χ1n) is 9.98. The molecule has 3 heteroatoms. The molecule has 0 amide bonds. The molecule has 0 N–H and O–H groups in total. The summed E-state index contributed by atoms with van der Waals surface area (Å²) in [6.07, 6.45) is 9.35. The van der Waals surface area contributed by atoms with Gasteiger partial charge in [0.25, 0.3) is 0 Å². The fraction of sp³-hybridized carbons (Fsp3) is 0.682.